The number of carbonyl (C=O) groups is 1. The maximum Gasteiger partial charge on any atom is 0.417 e. The van der Waals surface area contributed by atoms with Crippen LogP contribution in [-0.2, 0) is 6.18 Å². The van der Waals surface area contributed by atoms with E-state index in [4.69, 9.17) is 5.11 Å². The number of benzene rings is 1. The topological polar surface area (TPSA) is 62.5 Å². The molecule has 0 amide bonds. The zero-order chi connectivity index (χ0) is 12.8. The van der Waals surface area contributed by atoms with Crippen molar-refractivity contribution in [2.45, 2.75) is 6.18 Å². The number of hydrogen-bond donors (Lipinski definition) is 2. The lowest BCUT2D eigenvalue weighted by molar-refractivity contribution is -0.136. The fourth-order valence-corrected chi connectivity index (χ4v) is 1.62. The molecule has 0 bridgehead atoms. The van der Waals surface area contributed by atoms with Crippen LogP contribution in [0.3, 0.4) is 0 Å². The third kappa shape index (κ3) is 1.69. The van der Waals surface area contributed by atoms with E-state index in [9.17, 15) is 23.2 Å². The third-order valence-electron chi connectivity index (χ3n) is 2.35. The molecule has 0 saturated carbocycles. The summed E-state index contributed by atoms with van der Waals surface area (Å²) in [6.07, 6.45) is -4.60. The van der Waals surface area contributed by atoms with Crippen molar-refractivity contribution in [3.8, 4) is 0 Å². The summed E-state index contributed by atoms with van der Waals surface area (Å²) < 4.78 is 38.1. The van der Waals surface area contributed by atoms with E-state index in [-0.39, 0.29) is 15.6 Å². The van der Waals surface area contributed by atoms with Crippen LogP contribution in [0.5, 0.6) is 0 Å². The molecule has 0 spiro atoms. The minimum Gasteiger partial charge on any atom is -0.476 e. The van der Waals surface area contributed by atoms with E-state index in [1.54, 1.807) is 0 Å². The van der Waals surface area contributed by atoms with Gasteiger partial charge in [-0.2, -0.15) is 17.9 Å². The Kier molecular flexibility index (Phi) is 2.27. The molecule has 4 nitrogen and oxygen atoms in total. The summed E-state index contributed by atoms with van der Waals surface area (Å²) in [6.45, 7) is 0. The Bertz CT molecular complexity index is 601. The number of rotatable bonds is 1. The summed E-state index contributed by atoms with van der Waals surface area (Å²) in [4.78, 5) is 10.7. The van der Waals surface area contributed by atoms with Crippen LogP contribution in [0.4, 0.5) is 13.2 Å². The van der Waals surface area contributed by atoms with E-state index in [0.29, 0.717) is 0 Å². The highest BCUT2D eigenvalue weighted by atomic mass is 19.4. The van der Waals surface area contributed by atoms with Crippen molar-refractivity contribution >= 4 is 16.9 Å². The van der Waals surface area contributed by atoms with Gasteiger partial charge in [-0.15, -0.1) is 0 Å². The fraction of sp³-hybridized carbons (Fsp3) is 0.100. The molecule has 0 atom stereocenters. The normalized spacial score (nSPS) is 11.9. The Labute approximate surface area is 92.5 Å². The number of carboxylic acid groups (broad SMARTS) is 1. The van der Waals surface area contributed by atoms with Crippen LogP contribution in [0.1, 0.15) is 16.1 Å². The molecule has 0 saturated heterocycles. The number of hydrogen-bond acceptors (Lipinski definition) is 2. The van der Waals surface area contributed by atoms with Gasteiger partial charge < -0.3 is 10.3 Å². The summed E-state index contributed by atoms with van der Waals surface area (Å²) >= 11 is 0. The SMILES string of the molecule is O=C(O)c1cc2c(C(F)(F)F)cccc2n1O. The van der Waals surface area contributed by atoms with Gasteiger partial charge in [0.05, 0.1) is 11.1 Å². The third-order valence-corrected chi connectivity index (χ3v) is 2.35. The lowest BCUT2D eigenvalue weighted by Crippen LogP contribution is -2.05. The molecule has 0 fully saturated rings. The number of carboxylic acids is 1. The summed E-state index contributed by atoms with van der Waals surface area (Å²) in [5.41, 5.74) is -1.79. The van der Waals surface area contributed by atoms with Crippen LogP contribution >= 0.6 is 0 Å². The summed E-state index contributed by atoms with van der Waals surface area (Å²) in [5, 5.41) is 17.8. The average Bonchev–Trinajstić information content (AvgIpc) is 2.55. The van der Waals surface area contributed by atoms with E-state index < -0.39 is 23.4 Å². The zero-order valence-electron chi connectivity index (χ0n) is 8.19. The number of aromatic carboxylic acids is 1. The van der Waals surface area contributed by atoms with Crippen molar-refractivity contribution in [1.82, 2.24) is 4.73 Å². The lowest BCUT2D eigenvalue weighted by Gasteiger charge is -2.07. The van der Waals surface area contributed by atoms with Gasteiger partial charge >= 0.3 is 12.1 Å². The van der Waals surface area contributed by atoms with E-state index in [0.717, 1.165) is 18.2 Å². The molecule has 0 aliphatic rings. The highest BCUT2D eigenvalue weighted by molar-refractivity contribution is 5.95. The second kappa shape index (κ2) is 3.41. The molecule has 0 aliphatic heterocycles. The van der Waals surface area contributed by atoms with Gasteiger partial charge in [0, 0.05) is 5.39 Å². The monoisotopic (exact) mass is 245 g/mol. The number of halogens is 3. The largest absolute Gasteiger partial charge is 0.476 e. The minimum absolute atomic E-state index is 0.197. The Hall–Kier alpha value is -2.18. The van der Waals surface area contributed by atoms with Gasteiger partial charge in [-0.1, -0.05) is 6.07 Å². The number of alkyl halides is 3. The number of nitrogens with zero attached hydrogens (tertiary/aromatic N) is 1. The van der Waals surface area contributed by atoms with Crippen LogP contribution in [0, 0.1) is 0 Å². The maximum absolute atomic E-state index is 12.6. The Morgan fingerprint density at radius 3 is 2.47 bits per heavy atom. The smallest absolute Gasteiger partial charge is 0.417 e. The standard InChI is InChI=1S/C10H6F3NO3/c11-10(12,13)6-2-1-3-7-5(6)4-8(9(15)16)14(7)17/h1-4,17H,(H,15,16). The molecule has 90 valence electrons. The molecule has 1 aromatic carbocycles. The second-order valence-electron chi connectivity index (χ2n) is 3.38. The molecular formula is C10H6F3NO3. The van der Waals surface area contributed by atoms with Crippen LogP contribution in [0.15, 0.2) is 24.3 Å². The first kappa shape index (κ1) is 11.3. The first-order valence-electron chi connectivity index (χ1n) is 4.46. The van der Waals surface area contributed by atoms with Gasteiger partial charge in [0.2, 0.25) is 0 Å². The van der Waals surface area contributed by atoms with Gasteiger partial charge in [0.25, 0.3) is 0 Å². The van der Waals surface area contributed by atoms with Gasteiger partial charge in [-0.3, -0.25) is 0 Å². The Balaban J connectivity index is 2.83. The average molecular weight is 245 g/mol. The molecule has 2 N–H and O–H groups in total. The number of aromatic nitrogens is 1. The highest BCUT2D eigenvalue weighted by Crippen LogP contribution is 2.35. The molecule has 2 rings (SSSR count). The van der Waals surface area contributed by atoms with Crippen molar-refractivity contribution in [2.24, 2.45) is 0 Å². The second-order valence-corrected chi connectivity index (χ2v) is 3.38. The van der Waals surface area contributed by atoms with E-state index >= 15 is 0 Å². The molecule has 2 aromatic rings. The molecule has 1 aromatic heterocycles. The first-order chi connectivity index (χ1) is 7.82. The number of fused-ring (bicyclic) bond motifs is 1. The highest BCUT2D eigenvalue weighted by Gasteiger charge is 2.33. The van der Waals surface area contributed by atoms with Crippen molar-refractivity contribution < 1.29 is 28.3 Å². The van der Waals surface area contributed by atoms with Crippen molar-refractivity contribution in [3.05, 3.63) is 35.5 Å². The van der Waals surface area contributed by atoms with Crippen LogP contribution < -0.4 is 0 Å². The Morgan fingerprint density at radius 1 is 1.29 bits per heavy atom. The first-order valence-corrected chi connectivity index (χ1v) is 4.46. The molecule has 0 radical (unpaired) electrons. The summed E-state index contributed by atoms with van der Waals surface area (Å²) in [5.74, 6) is -1.50. The maximum atomic E-state index is 12.6. The Morgan fingerprint density at radius 2 is 1.94 bits per heavy atom. The van der Waals surface area contributed by atoms with Crippen molar-refractivity contribution in [1.29, 1.82) is 0 Å². The molecule has 17 heavy (non-hydrogen) atoms. The van der Waals surface area contributed by atoms with E-state index in [2.05, 4.69) is 0 Å². The molecule has 0 aliphatic carbocycles. The quantitative estimate of drug-likeness (QED) is 0.759. The van der Waals surface area contributed by atoms with Crippen molar-refractivity contribution in [3.63, 3.8) is 0 Å². The minimum atomic E-state index is -4.60. The molecular weight excluding hydrogens is 239 g/mol. The van der Waals surface area contributed by atoms with Crippen LogP contribution in [0.2, 0.25) is 0 Å². The van der Waals surface area contributed by atoms with Gasteiger partial charge in [-0.25, -0.2) is 4.79 Å². The zero-order valence-corrected chi connectivity index (χ0v) is 8.19. The van der Waals surface area contributed by atoms with Crippen LogP contribution in [0.25, 0.3) is 10.9 Å². The molecule has 1 heterocycles. The summed E-state index contributed by atoms with van der Waals surface area (Å²) in [6, 6.07) is 3.93. The fourth-order valence-electron chi connectivity index (χ4n) is 1.62. The van der Waals surface area contributed by atoms with E-state index in [1.165, 1.54) is 6.07 Å². The van der Waals surface area contributed by atoms with Gasteiger partial charge in [-0.05, 0) is 18.2 Å². The van der Waals surface area contributed by atoms with E-state index in [1.807, 2.05) is 0 Å². The van der Waals surface area contributed by atoms with Gasteiger partial charge in [0.15, 0.2) is 5.69 Å². The van der Waals surface area contributed by atoms with Gasteiger partial charge in [0.1, 0.15) is 0 Å². The van der Waals surface area contributed by atoms with Crippen LogP contribution in [-0.4, -0.2) is 21.0 Å². The predicted octanol–water partition coefficient (Wildman–Crippen LogP) is 2.60. The molecule has 0 unspecified atom stereocenters. The lowest BCUT2D eigenvalue weighted by atomic mass is 10.1. The van der Waals surface area contributed by atoms with Crippen molar-refractivity contribution in [2.75, 3.05) is 0 Å². The summed E-state index contributed by atoms with van der Waals surface area (Å²) in [7, 11) is 0. The molecule has 7 heteroatoms. The predicted molar refractivity (Wildman–Crippen MR) is 51.1 cm³/mol.